The molecule has 18 heavy (non-hydrogen) atoms. The molecule has 0 radical (unpaired) electrons. The third kappa shape index (κ3) is 3.00. The van der Waals surface area contributed by atoms with E-state index in [1.165, 1.54) is 18.2 Å². The Morgan fingerprint density at radius 1 is 1.33 bits per heavy atom. The minimum absolute atomic E-state index is 0.0613. The summed E-state index contributed by atoms with van der Waals surface area (Å²) in [6.07, 6.45) is 0. The number of benzene rings is 1. The molecule has 0 saturated carbocycles. The summed E-state index contributed by atoms with van der Waals surface area (Å²) in [6, 6.07) is 9.43. The molecule has 2 N–H and O–H groups in total. The van der Waals surface area contributed by atoms with Gasteiger partial charge in [-0.15, -0.1) is 0 Å². The van der Waals surface area contributed by atoms with Gasteiger partial charge in [0.15, 0.2) is 0 Å². The second-order valence-electron chi connectivity index (χ2n) is 3.47. The van der Waals surface area contributed by atoms with Gasteiger partial charge in [-0.05, 0) is 46.3 Å². The van der Waals surface area contributed by atoms with Crippen LogP contribution in [0.25, 0.3) is 0 Å². The maximum absolute atomic E-state index is 11.9. The van der Waals surface area contributed by atoms with Crippen molar-refractivity contribution in [3.63, 3.8) is 0 Å². The van der Waals surface area contributed by atoms with Gasteiger partial charge in [0.25, 0.3) is 5.91 Å². The van der Waals surface area contributed by atoms with Crippen LogP contribution in [0.3, 0.4) is 0 Å². The Morgan fingerprint density at radius 3 is 2.78 bits per heavy atom. The fourth-order valence-electron chi connectivity index (χ4n) is 1.31. The number of hydrogen-bond donors (Lipinski definition) is 2. The molecule has 2 rings (SSSR count). The highest BCUT2D eigenvalue weighted by atomic mass is 79.9. The van der Waals surface area contributed by atoms with Gasteiger partial charge >= 0.3 is 0 Å². The maximum Gasteiger partial charge on any atom is 0.256 e. The van der Waals surface area contributed by atoms with Gasteiger partial charge in [0, 0.05) is 5.56 Å². The standard InChI is InChI=1S/C12H8BrClN2O2/c13-10-2-1-3-11(15-10)16-12(18)7-4-5-9(17)8(14)6-7/h1-6,17H,(H,15,16,18). The van der Waals surface area contributed by atoms with Crippen molar-refractivity contribution in [1.29, 1.82) is 0 Å². The first-order valence-corrected chi connectivity index (χ1v) is 6.16. The third-order valence-corrected chi connectivity index (χ3v) is 2.91. The Hall–Kier alpha value is -1.59. The third-order valence-electron chi connectivity index (χ3n) is 2.17. The number of anilines is 1. The molecule has 4 nitrogen and oxygen atoms in total. The molecule has 0 aliphatic carbocycles. The van der Waals surface area contributed by atoms with E-state index in [1.807, 2.05) is 0 Å². The van der Waals surface area contributed by atoms with Crippen molar-refractivity contribution in [1.82, 2.24) is 4.98 Å². The molecule has 1 heterocycles. The smallest absolute Gasteiger partial charge is 0.256 e. The Morgan fingerprint density at radius 2 is 2.11 bits per heavy atom. The van der Waals surface area contributed by atoms with E-state index in [0.29, 0.717) is 16.0 Å². The number of phenols is 1. The largest absolute Gasteiger partial charge is 0.506 e. The first-order valence-electron chi connectivity index (χ1n) is 4.98. The van der Waals surface area contributed by atoms with Gasteiger partial charge in [-0.1, -0.05) is 17.7 Å². The van der Waals surface area contributed by atoms with Crippen LogP contribution < -0.4 is 5.32 Å². The first-order chi connectivity index (χ1) is 8.56. The summed E-state index contributed by atoms with van der Waals surface area (Å²) in [5.74, 6) is 0.0230. The number of amides is 1. The van der Waals surface area contributed by atoms with E-state index in [2.05, 4.69) is 26.2 Å². The highest BCUT2D eigenvalue weighted by Crippen LogP contribution is 2.24. The molecule has 0 aliphatic heterocycles. The van der Waals surface area contributed by atoms with Crippen molar-refractivity contribution in [2.45, 2.75) is 0 Å². The van der Waals surface area contributed by atoms with Crippen molar-refractivity contribution in [2.75, 3.05) is 5.32 Å². The van der Waals surface area contributed by atoms with Crippen LogP contribution >= 0.6 is 27.5 Å². The molecule has 0 aliphatic rings. The molecule has 0 saturated heterocycles. The second kappa shape index (κ2) is 5.37. The van der Waals surface area contributed by atoms with E-state index in [0.717, 1.165) is 0 Å². The summed E-state index contributed by atoms with van der Waals surface area (Å²) in [5, 5.41) is 12.0. The first kappa shape index (κ1) is 12.9. The van der Waals surface area contributed by atoms with Crippen LogP contribution in [0.15, 0.2) is 41.0 Å². The number of nitrogens with one attached hydrogen (secondary N) is 1. The minimum Gasteiger partial charge on any atom is -0.506 e. The molecule has 0 bridgehead atoms. The summed E-state index contributed by atoms with van der Waals surface area (Å²) in [5.41, 5.74) is 0.347. The fraction of sp³-hybridized carbons (Fsp3) is 0. The summed E-state index contributed by atoms with van der Waals surface area (Å²) in [7, 11) is 0. The van der Waals surface area contributed by atoms with E-state index in [9.17, 15) is 9.90 Å². The van der Waals surface area contributed by atoms with Gasteiger partial charge in [-0.25, -0.2) is 4.98 Å². The lowest BCUT2D eigenvalue weighted by molar-refractivity contribution is 0.102. The van der Waals surface area contributed by atoms with Gasteiger partial charge in [-0.3, -0.25) is 4.79 Å². The van der Waals surface area contributed by atoms with Crippen molar-refractivity contribution in [3.8, 4) is 5.75 Å². The number of aromatic nitrogens is 1. The topological polar surface area (TPSA) is 62.2 Å². The summed E-state index contributed by atoms with van der Waals surface area (Å²) in [6.45, 7) is 0. The number of carbonyl (C=O) groups excluding carboxylic acids is 1. The molecule has 6 heteroatoms. The average Bonchev–Trinajstić information content (AvgIpc) is 2.32. The Balaban J connectivity index is 2.19. The Kier molecular flexibility index (Phi) is 3.84. The van der Waals surface area contributed by atoms with Gasteiger partial charge in [0.2, 0.25) is 0 Å². The zero-order valence-electron chi connectivity index (χ0n) is 9.02. The van der Waals surface area contributed by atoms with Gasteiger partial charge in [0.1, 0.15) is 16.2 Å². The average molecular weight is 328 g/mol. The predicted octanol–water partition coefficient (Wildman–Crippen LogP) is 3.46. The quantitative estimate of drug-likeness (QED) is 0.830. The number of nitrogens with zero attached hydrogens (tertiary/aromatic N) is 1. The van der Waals surface area contributed by atoms with Crippen LogP contribution in [0.1, 0.15) is 10.4 Å². The van der Waals surface area contributed by atoms with E-state index < -0.39 is 0 Å². The number of halogens is 2. The summed E-state index contributed by atoms with van der Waals surface area (Å²) < 4.78 is 0.629. The van der Waals surface area contributed by atoms with Gasteiger partial charge in [0.05, 0.1) is 5.02 Å². The molecule has 92 valence electrons. The molecule has 2 aromatic rings. The summed E-state index contributed by atoms with van der Waals surface area (Å²) >= 11 is 8.95. The number of phenolic OH excluding ortho intramolecular Hbond substituents is 1. The second-order valence-corrected chi connectivity index (χ2v) is 4.69. The van der Waals surface area contributed by atoms with E-state index in [1.54, 1.807) is 18.2 Å². The van der Waals surface area contributed by atoms with Crippen LogP contribution in [0, 0.1) is 0 Å². The van der Waals surface area contributed by atoms with Crippen molar-refractivity contribution in [2.24, 2.45) is 0 Å². The molecule has 0 fully saturated rings. The predicted molar refractivity (Wildman–Crippen MR) is 73.0 cm³/mol. The van der Waals surface area contributed by atoms with Crippen LogP contribution in [-0.2, 0) is 0 Å². The molecular weight excluding hydrogens is 320 g/mol. The molecule has 1 amide bonds. The number of rotatable bonds is 2. The van der Waals surface area contributed by atoms with E-state index in [4.69, 9.17) is 11.6 Å². The number of aromatic hydroxyl groups is 1. The monoisotopic (exact) mass is 326 g/mol. The van der Waals surface area contributed by atoms with Crippen molar-refractivity contribution >= 4 is 39.3 Å². The van der Waals surface area contributed by atoms with E-state index >= 15 is 0 Å². The molecule has 0 atom stereocenters. The molecular formula is C12H8BrClN2O2. The molecule has 1 aromatic heterocycles. The summed E-state index contributed by atoms with van der Waals surface area (Å²) in [4.78, 5) is 16.0. The SMILES string of the molecule is O=C(Nc1cccc(Br)n1)c1ccc(O)c(Cl)c1. The van der Waals surface area contributed by atoms with Gasteiger partial charge < -0.3 is 10.4 Å². The number of carbonyl (C=O) groups is 1. The molecule has 1 aromatic carbocycles. The van der Waals surface area contributed by atoms with Crippen LogP contribution in [0.5, 0.6) is 5.75 Å². The zero-order chi connectivity index (χ0) is 13.1. The number of hydrogen-bond acceptors (Lipinski definition) is 3. The van der Waals surface area contributed by atoms with Crippen molar-refractivity contribution < 1.29 is 9.90 Å². The van der Waals surface area contributed by atoms with Crippen molar-refractivity contribution in [3.05, 3.63) is 51.6 Å². The Labute approximate surface area is 117 Å². The van der Waals surface area contributed by atoms with E-state index in [-0.39, 0.29) is 16.7 Å². The van der Waals surface area contributed by atoms with Gasteiger partial charge in [-0.2, -0.15) is 0 Å². The lowest BCUT2D eigenvalue weighted by Gasteiger charge is -2.05. The molecule has 0 unspecified atom stereocenters. The highest BCUT2D eigenvalue weighted by Gasteiger charge is 2.09. The number of pyridine rings is 1. The lowest BCUT2D eigenvalue weighted by Crippen LogP contribution is -2.12. The van der Waals surface area contributed by atoms with Crippen LogP contribution in [0.4, 0.5) is 5.82 Å². The zero-order valence-corrected chi connectivity index (χ0v) is 11.4. The lowest BCUT2D eigenvalue weighted by atomic mass is 10.2. The normalized spacial score (nSPS) is 10.1. The maximum atomic E-state index is 11.9. The fourth-order valence-corrected chi connectivity index (χ4v) is 1.84. The Bertz CT molecular complexity index is 604. The minimum atomic E-state index is -0.345. The van der Waals surface area contributed by atoms with Crippen LogP contribution in [0.2, 0.25) is 5.02 Å². The highest BCUT2D eigenvalue weighted by molar-refractivity contribution is 9.10. The molecule has 0 spiro atoms. The van der Waals surface area contributed by atoms with Crippen LogP contribution in [-0.4, -0.2) is 16.0 Å².